The number of hydrogen-bond donors (Lipinski definition) is 0. The maximum absolute atomic E-state index is 12.3. The highest BCUT2D eigenvalue weighted by Gasteiger charge is 2.17. The number of aryl methyl sites for hydroxylation is 1. The van der Waals surface area contributed by atoms with Crippen LogP contribution in [0.5, 0.6) is 0 Å². The number of aromatic nitrogens is 1. The van der Waals surface area contributed by atoms with Crippen LogP contribution >= 0.6 is 0 Å². The third-order valence-electron chi connectivity index (χ3n) is 4.44. The summed E-state index contributed by atoms with van der Waals surface area (Å²) in [7, 11) is 1.64. The molecule has 0 radical (unpaired) electrons. The molecule has 1 aromatic heterocycles. The molecule has 1 aromatic carbocycles. The van der Waals surface area contributed by atoms with E-state index in [2.05, 4.69) is 4.57 Å². The predicted molar refractivity (Wildman–Crippen MR) is 106 cm³/mol. The van der Waals surface area contributed by atoms with Crippen molar-refractivity contribution in [3.63, 3.8) is 0 Å². The van der Waals surface area contributed by atoms with Gasteiger partial charge >= 0.3 is 5.97 Å². The van der Waals surface area contributed by atoms with E-state index >= 15 is 0 Å². The third-order valence-corrected chi connectivity index (χ3v) is 4.44. The fraction of sp³-hybridized carbons (Fsp3) is 0.318. The summed E-state index contributed by atoms with van der Waals surface area (Å²) in [5.41, 5.74) is 2.97. The molecule has 0 N–H and O–H groups in total. The lowest BCUT2D eigenvalue weighted by molar-refractivity contribution is -0.137. The second-order valence-corrected chi connectivity index (χ2v) is 6.54. The zero-order valence-electron chi connectivity index (χ0n) is 16.6. The molecular formula is C22H24N2O4. The second-order valence-electron chi connectivity index (χ2n) is 6.54. The first-order valence-corrected chi connectivity index (χ1v) is 8.93. The van der Waals surface area contributed by atoms with Crippen molar-refractivity contribution in [2.75, 3.05) is 20.3 Å². The average Bonchev–Trinajstić information content (AvgIpc) is 2.97. The molecule has 0 aliphatic rings. The molecule has 2 aromatic rings. The molecule has 0 saturated carbocycles. The molecule has 6 nitrogen and oxygen atoms in total. The van der Waals surface area contributed by atoms with Crippen molar-refractivity contribution in [1.29, 1.82) is 5.26 Å². The van der Waals surface area contributed by atoms with Crippen LogP contribution in [0.4, 0.5) is 0 Å². The summed E-state index contributed by atoms with van der Waals surface area (Å²) in [6.07, 6.45) is 1.49. The molecule has 146 valence electrons. The molecule has 0 amide bonds. The molecule has 0 saturated heterocycles. The SMILES string of the molecule is COC[C@H](C)n1c(C)cc(/C=C(\C#N)C(=O)OCC(=O)c2ccccc2)c1C. The number of methoxy groups -OCH3 is 1. The van der Waals surface area contributed by atoms with Gasteiger partial charge in [-0.3, -0.25) is 4.79 Å². The van der Waals surface area contributed by atoms with Gasteiger partial charge in [-0.2, -0.15) is 5.26 Å². The standard InChI is InChI=1S/C22H24N2O4/c1-15-10-19(17(3)24(15)16(2)13-27-4)11-20(12-23)22(26)28-14-21(25)18-8-6-5-7-9-18/h5-11,16H,13-14H2,1-4H3/b20-11+/t16-/m0/s1. The van der Waals surface area contributed by atoms with Gasteiger partial charge < -0.3 is 14.0 Å². The maximum Gasteiger partial charge on any atom is 0.349 e. The van der Waals surface area contributed by atoms with E-state index in [1.165, 1.54) is 6.08 Å². The number of carbonyl (C=O) groups is 2. The lowest BCUT2D eigenvalue weighted by atomic mass is 10.1. The minimum Gasteiger partial charge on any atom is -0.453 e. The van der Waals surface area contributed by atoms with E-state index in [0.717, 1.165) is 17.0 Å². The quantitative estimate of drug-likeness (QED) is 0.302. The molecule has 0 spiro atoms. The van der Waals surface area contributed by atoms with E-state index in [-0.39, 0.29) is 17.4 Å². The molecule has 0 bridgehead atoms. The molecule has 2 rings (SSSR count). The minimum absolute atomic E-state index is 0.119. The summed E-state index contributed by atoms with van der Waals surface area (Å²) >= 11 is 0. The van der Waals surface area contributed by atoms with Gasteiger partial charge in [0.25, 0.3) is 0 Å². The zero-order chi connectivity index (χ0) is 20.7. The smallest absolute Gasteiger partial charge is 0.349 e. The second kappa shape index (κ2) is 9.67. The molecule has 0 aliphatic heterocycles. The van der Waals surface area contributed by atoms with Crippen molar-refractivity contribution in [2.24, 2.45) is 0 Å². The number of nitrogens with zero attached hydrogens (tertiary/aromatic N) is 2. The fourth-order valence-corrected chi connectivity index (χ4v) is 3.15. The minimum atomic E-state index is -0.818. The van der Waals surface area contributed by atoms with Crippen LogP contribution in [-0.4, -0.2) is 36.6 Å². The number of Topliss-reactive ketones (excluding diaryl/α,β-unsaturated/α-hetero) is 1. The van der Waals surface area contributed by atoms with Gasteiger partial charge in [0, 0.05) is 24.1 Å². The van der Waals surface area contributed by atoms with E-state index in [0.29, 0.717) is 12.2 Å². The Hall–Kier alpha value is -3.17. The number of carbonyl (C=O) groups excluding carboxylic acids is 2. The van der Waals surface area contributed by atoms with Gasteiger partial charge in [-0.25, -0.2) is 4.79 Å². The van der Waals surface area contributed by atoms with Crippen LogP contribution in [0.1, 0.15) is 40.3 Å². The zero-order valence-corrected chi connectivity index (χ0v) is 16.6. The predicted octanol–water partition coefficient (Wildman–Crippen LogP) is 3.65. The maximum atomic E-state index is 12.3. The molecular weight excluding hydrogens is 356 g/mol. The van der Waals surface area contributed by atoms with Crippen molar-refractivity contribution in [3.8, 4) is 6.07 Å². The molecule has 1 heterocycles. The van der Waals surface area contributed by atoms with Crippen LogP contribution in [0, 0.1) is 25.2 Å². The Morgan fingerprint density at radius 3 is 2.54 bits per heavy atom. The summed E-state index contributed by atoms with van der Waals surface area (Å²) in [5.74, 6) is -1.14. The van der Waals surface area contributed by atoms with Gasteiger partial charge in [-0.15, -0.1) is 0 Å². The normalized spacial score (nSPS) is 12.3. The number of rotatable bonds is 8. The van der Waals surface area contributed by atoms with E-state index in [1.807, 2.05) is 32.9 Å². The van der Waals surface area contributed by atoms with Gasteiger partial charge in [-0.1, -0.05) is 30.3 Å². The first-order chi connectivity index (χ1) is 13.4. The van der Waals surface area contributed by atoms with Crippen LogP contribution in [0.25, 0.3) is 6.08 Å². The molecule has 6 heteroatoms. The van der Waals surface area contributed by atoms with E-state index < -0.39 is 12.6 Å². The number of ether oxygens (including phenoxy) is 2. The van der Waals surface area contributed by atoms with Crippen molar-refractivity contribution in [3.05, 3.63) is 64.5 Å². The number of nitriles is 1. The van der Waals surface area contributed by atoms with Crippen LogP contribution < -0.4 is 0 Å². The summed E-state index contributed by atoms with van der Waals surface area (Å²) in [4.78, 5) is 24.3. The Kier molecular flexibility index (Phi) is 7.30. The number of ketones is 1. The summed E-state index contributed by atoms with van der Waals surface area (Å²) in [5, 5.41) is 9.37. The van der Waals surface area contributed by atoms with Gasteiger partial charge in [0.15, 0.2) is 12.4 Å². The van der Waals surface area contributed by atoms with Gasteiger partial charge in [0.05, 0.1) is 12.6 Å². The van der Waals surface area contributed by atoms with Gasteiger partial charge in [0.1, 0.15) is 11.6 Å². The van der Waals surface area contributed by atoms with Crippen LogP contribution in [0.2, 0.25) is 0 Å². The van der Waals surface area contributed by atoms with E-state index in [4.69, 9.17) is 9.47 Å². The molecule has 0 aliphatic carbocycles. The Bertz CT molecular complexity index is 920. The summed E-state index contributed by atoms with van der Waals surface area (Å²) < 4.78 is 12.3. The Morgan fingerprint density at radius 2 is 1.93 bits per heavy atom. The van der Waals surface area contributed by atoms with E-state index in [1.54, 1.807) is 37.4 Å². The highest BCUT2D eigenvalue weighted by Crippen LogP contribution is 2.23. The van der Waals surface area contributed by atoms with Crippen molar-refractivity contribution in [2.45, 2.75) is 26.8 Å². The van der Waals surface area contributed by atoms with Crippen LogP contribution in [-0.2, 0) is 14.3 Å². The first kappa shape index (κ1) is 21.1. The topological polar surface area (TPSA) is 81.3 Å². The summed E-state index contributed by atoms with van der Waals surface area (Å²) in [6.45, 7) is 6.05. The van der Waals surface area contributed by atoms with Crippen molar-refractivity contribution in [1.82, 2.24) is 4.57 Å². The monoisotopic (exact) mass is 380 g/mol. The number of benzene rings is 1. The van der Waals surface area contributed by atoms with Crippen molar-refractivity contribution < 1.29 is 19.1 Å². The highest BCUT2D eigenvalue weighted by atomic mass is 16.5. The molecule has 28 heavy (non-hydrogen) atoms. The van der Waals surface area contributed by atoms with Gasteiger partial charge in [0.2, 0.25) is 0 Å². The van der Waals surface area contributed by atoms with Crippen molar-refractivity contribution >= 4 is 17.8 Å². The molecule has 0 fully saturated rings. The summed E-state index contributed by atoms with van der Waals surface area (Å²) in [6, 6.07) is 12.4. The highest BCUT2D eigenvalue weighted by molar-refractivity contribution is 6.01. The number of esters is 1. The lowest BCUT2D eigenvalue weighted by Crippen LogP contribution is -2.15. The van der Waals surface area contributed by atoms with Gasteiger partial charge in [-0.05, 0) is 38.5 Å². The Labute approximate surface area is 165 Å². The number of hydrogen-bond acceptors (Lipinski definition) is 5. The van der Waals surface area contributed by atoms with Crippen LogP contribution in [0.3, 0.4) is 0 Å². The lowest BCUT2D eigenvalue weighted by Gasteiger charge is -2.17. The third kappa shape index (κ3) is 4.96. The molecule has 0 unspecified atom stereocenters. The fourth-order valence-electron chi connectivity index (χ4n) is 3.15. The largest absolute Gasteiger partial charge is 0.453 e. The Balaban J connectivity index is 2.15. The Morgan fingerprint density at radius 1 is 1.25 bits per heavy atom. The van der Waals surface area contributed by atoms with E-state index in [9.17, 15) is 14.9 Å². The first-order valence-electron chi connectivity index (χ1n) is 8.93. The van der Waals surface area contributed by atoms with Crippen LogP contribution in [0.15, 0.2) is 42.0 Å². The average molecular weight is 380 g/mol. The molecule has 1 atom stereocenters.